The van der Waals surface area contributed by atoms with Crippen molar-refractivity contribution in [2.45, 2.75) is 44.2 Å². The molecule has 164 valence electrons. The summed E-state index contributed by atoms with van der Waals surface area (Å²) < 4.78 is 5.61. The van der Waals surface area contributed by atoms with Gasteiger partial charge in [0.25, 0.3) is 5.91 Å². The number of aliphatic carboxylic acids is 1. The summed E-state index contributed by atoms with van der Waals surface area (Å²) in [5.74, 6) is -2.41. The number of fused-ring (bicyclic) bond motifs is 1. The van der Waals surface area contributed by atoms with Gasteiger partial charge in [-0.2, -0.15) is 0 Å². The first-order valence-corrected chi connectivity index (χ1v) is 9.95. The predicted molar refractivity (Wildman–Crippen MR) is 108 cm³/mol. The van der Waals surface area contributed by atoms with Gasteiger partial charge >= 0.3 is 5.97 Å². The van der Waals surface area contributed by atoms with Crippen LogP contribution in [-0.4, -0.2) is 60.6 Å². The molecule has 0 aliphatic carbocycles. The molecular formula is C20H28N4O6. The number of amides is 3. The van der Waals surface area contributed by atoms with E-state index in [1.54, 1.807) is 18.2 Å². The number of carboxylic acids is 1. The van der Waals surface area contributed by atoms with Crippen molar-refractivity contribution in [1.82, 2.24) is 16.0 Å². The Balaban J connectivity index is 2.20. The molecule has 2 atom stereocenters. The number of rotatable bonds is 5. The van der Waals surface area contributed by atoms with Crippen LogP contribution >= 0.6 is 0 Å². The Kier molecular flexibility index (Phi) is 9.07. The average Bonchev–Trinajstić information content (AvgIpc) is 2.73. The van der Waals surface area contributed by atoms with Crippen molar-refractivity contribution in [2.75, 3.05) is 19.7 Å². The van der Waals surface area contributed by atoms with E-state index in [1.807, 2.05) is 0 Å². The normalized spacial score (nSPS) is 21.0. The van der Waals surface area contributed by atoms with E-state index in [0.717, 1.165) is 0 Å². The third-order valence-electron chi connectivity index (χ3n) is 4.65. The van der Waals surface area contributed by atoms with Crippen molar-refractivity contribution in [1.29, 1.82) is 0 Å². The van der Waals surface area contributed by atoms with Gasteiger partial charge in [-0.15, -0.1) is 0 Å². The van der Waals surface area contributed by atoms with Crippen molar-refractivity contribution in [2.24, 2.45) is 5.73 Å². The summed E-state index contributed by atoms with van der Waals surface area (Å²) >= 11 is 0. The predicted octanol–water partition coefficient (Wildman–Crippen LogP) is -0.228. The van der Waals surface area contributed by atoms with E-state index < -0.39 is 29.9 Å². The summed E-state index contributed by atoms with van der Waals surface area (Å²) in [7, 11) is 0. The molecule has 0 aromatic heterocycles. The van der Waals surface area contributed by atoms with Gasteiger partial charge in [0.15, 0.2) is 0 Å². The highest BCUT2D eigenvalue weighted by Gasteiger charge is 2.25. The number of nitrogens with one attached hydrogen (secondary N) is 3. The summed E-state index contributed by atoms with van der Waals surface area (Å²) in [6.07, 6.45) is 1.51. The molecule has 0 saturated heterocycles. The molecule has 1 aliphatic rings. The van der Waals surface area contributed by atoms with Gasteiger partial charge in [0, 0.05) is 6.42 Å². The highest BCUT2D eigenvalue weighted by molar-refractivity contribution is 5.99. The van der Waals surface area contributed by atoms with Crippen LogP contribution in [0.25, 0.3) is 0 Å². The molecule has 1 heterocycles. The van der Waals surface area contributed by atoms with Crippen LogP contribution in [0.15, 0.2) is 24.3 Å². The summed E-state index contributed by atoms with van der Waals surface area (Å²) in [6, 6.07) is 4.41. The summed E-state index contributed by atoms with van der Waals surface area (Å²) in [4.78, 5) is 48.9. The molecule has 6 N–H and O–H groups in total. The van der Waals surface area contributed by atoms with E-state index in [9.17, 15) is 24.3 Å². The van der Waals surface area contributed by atoms with Crippen LogP contribution in [0.4, 0.5) is 0 Å². The van der Waals surface area contributed by atoms with Gasteiger partial charge in [0.2, 0.25) is 11.8 Å². The zero-order chi connectivity index (χ0) is 21.9. The Labute approximate surface area is 174 Å². The maximum atomic E-state index is 12.6. The van der Waals surface area contributed by atoms with Crippen molar-refractivity contribution in [3.63, 3.8) is 0 Å². The van der Waals surface area contributed by atoms with Crippen LogP contribution in [0, 0.1) is 0 Å². The number of para-hydroxylation sites is 1. The Bertz CT molecular complexity index is 769. The first kappa shape index (κ1) is 23.1. The highest BCUT2D eigenvalue weighted by Crippen LogP contribution is 2.18. The zero-order valence-corrected chi connectivity index (χ0v) is 16.7. The second-order valence-electron chi connectivity index (χ2n) is 6.94. The smallest absolute Gasteiger partial charge is 0.326 e. The summed E-state index contributed by atoms with van der Waals surface area (Å²) in [5.41, 5.74) is 5.67. The molecule has 0 saturated carbocycles. The van der Waals surface area contributed by atoms with Crippen LogP contribution in [0.1, 0.15) is 42.5 Å². The lowest BCUT2D eigenvalue weighted by molar-refractivity contribution is -0.139. The molecule has 0 spiro atoms. The van der Waals surface area contributed by atoms with E-state index in [-0.39, 0.29) is 43.2 Å². The number of carboxylic acid groups (broad SMARTS) is 1. The first-order valence-electron chi connectivity index (χ1n) is 9.95. The van der Waals surface area contributed by atoms with Crippen LogP contribution in [0.5, 0.6) is 5.75 Å². The van der Waals surface area contributed by atoms with Gasteiger partial charge in [0.1, 0.15) is 24.4 Å². The van der Waals surface area contributed by atoms with Crippen LogP contribution in [0.3, 0.4) is 0 Å². The van der Waals surface area contributed by atoms with Gasteiger partial charge in [-0.25, -0.2) is 4.79 Å². The lowest BCUT2D eigenvalue weighted by Gasteiger charge is -2.19. The van der Waals surface area contributed by atoms with Crippen molar-refractivity contribution >= 4 is 23.7 Å². The number of ether oxygens (including phenoxy) is 1. The molecule has 10 heteroatoms. The Hall–Kier alpha value is -3.14. The fourth-order valence-corrected chi connectivity index (χ4v) is 3.04. The molecular weight excluding hydrogens is 392 g/mol. The second kappa shape index (κ2) is 11.8. The first-order chi connectivity index (χ1) is 14.4. The van der Waals surface area contributed by atoms with E-state index >= 15 is 0 Å². The largest absolute Gasteiger partial charge is 0.491 e. The lowest BCUT2D eigenvalue weighted by Crippen LogP contribution is -2.48. The number of hydrogen-bond acceptors (Lipinski definition) is 6. The lowest BCUT2D eigenvalue weighted by atomic mass is 10.1. The molecule has 3 amide bonds. The van der Waals surface area contributed by atoms with Crippen LogP contribution < -0.4 is 26.4 Å². The second-order valence-corrected chi connectivity index (χ2v) is 6.94. The number of unbranched alkanes of at least 4 members (excludes halogenated alkanes) is 1. The fraction of sp³-hybridized carbons (Fsp3) is 0.500. The molecule has 10 nitrogen and oxygen atoms in total. The van der Waals surface area contributed by atoms with Crippen LogP contribution in [0.2, 0.25) is 0 Å². The maximum Gasteiger partial charge on any atom is 0.326 e. The third-order valence-corrected chi connectivity index (χ3v) is 4.65. The highest BCUT2D eigenvalue weighted by atomic mass is 16.5. The number of carbonyl (C=O) groups excluding carboxylic acids is 3. The summed E-state index contributed by atoms with van der Waals surface area (Å²) in [6.45, 7) is 0.757. The average molecular weight is 420 g/mol. The minimum atomic E-state index is -1.26. The monoisotopic (exact) mass is 420 g/mol. The van der Waals surface area contributed by atoms with Gasteiger partial charge < -0.3 is 31.5 Å². The maximum absolute atomic E-state index is 12.6. The van der Waals surface area contributed by atoms with E-state index in [4.69, 9.17) is 10.5 Å². The Morgan fingerprint density at radius 1 is 1.17 bits per heavy atom. The van der Waals surface area contributed by atoms with Gasteiger partial charge in [-0.3, -0.25) is 14.4 Å². The van der Waals surface area contributed by atoms with Gasteiger partial charge in [-0.1, -0.05) is 12.1 Å². The van der Waals surface area contributed by atoms with Crippen molar-refractivity contribution in [3.8, 4) is 5.75 Å². The molecule has 1 aromatic rings. The molecule has 1 aromatic carbocycles. The Morgan fingerprint density at radius 3 is 2.67 bits per heavy atom. The summed E-state index contributed by atoms with van der Waals surface area (Å²) in [5, 5.41) is 17.2. The minimum Gasteiger partial charge on any atom is -0.491 e. The third kappa shape index (κ3) is 7.03. The molecule has 0 radical (unpaired) electrons. The van der Waals surface area contributed by atoms with Crippen molar-refractivity contribution in [3.05, 3.63) is 29.8 Å². The number of hydrogen-bond donors (Lipinski definition) is 5. The molecule has 0 fully saturated rings. The van der Waals surface area contributed by atoms with E-state index in [2.05, 4.69) is 16.0 Å². The SMILES string of the molecule is NCCCC[C@@H]1NC(=O)CC[C@@H](C(=O)O)NC(=O)c2ccccc2OCCNC1=O. The topological polar surface area (TPSA) is 160 Å². The number of carbonyl (C=O) groups is 4. The van der Waals surface area contributed by atoms with E-state index in [0.29, 0.717) is 25.8 Å². The van der Waals surface area contributed by atoms with E-state index in [1.165, 1.54) is 6.07 Å². The molecule has 0 unspecified atom stereocenters. The molecule has 30 heavy (non-hydrogen) atoms. The number of nitrogens with two attached hydrogens (primary N) is 1. The van der Waals surface area contributed by atoms with Gasteiger partial charge in [0.05, 0.1) is 12.1 Å². The molecule has 0 bridgehead atoms. The zero-order valence-electron chi connectivity index (χ0n) is 16.7. The van der Waals surface area contributed by atoms with Gasteiger partial charge in [-0.05, 0) is 44.4 Å². The standard InChI is InChI=1S/C20H28N4O6/c21-10-4-3-6-14-19(27)22-11-12-30-16-7-2-1-5-13(16)18(26)24-15(20(28)29)8-9-17(25)23-14/h1-2,5,7,14-15H,3-4,6,8-12,21H2,(H,22,27)(H,23,25)(H,24,26)(H,28,29)/t14-,15-/m0/s1. The Morgan fingerprint density at radius 2 is 1.93 bits per heavy atom. The quantitative estimate of drug-likeness (QED) is 0.411. The molecule has 1 aliphatic heterocycles. The minimum absolute atomic E-state index is 0.0991. The van der Waals surface area contributed by atoms with Crippen molar-refractivity contribution < 1.29 is 29.0 Å². The fourth-order valence-electron chi connectivity index (χ4n) is 3.04. The molecule has 2 rings (SSSR count). The van der Waals surface area contributed by atoms with Crippen LogP contribution in [-0.2, 0) is 14.4 Å². The number of benzene rings is 1.